The first kappa shape index (κ1) is 26.2. The topological polar surface area (TPSA) is 126 Å². The van der Waals surface area contributed by atoms with Gasteiger partial charge >= 0.3 is 6.09 Å². The van der Waals surface area contributed by atoms with Crippen LogP contribution in [0.15, 0.2) is 0 Å². The maximum atomic E-state index is 12.2. The van der Waals surface area contributed by atoms with Crippen LogP contribution in [0.2, 0.25) is 0 Å². The highest BCUT2D eigenvalue weighted by molar-refractivity contribution is 9.09. The maximum absolute atomic E-state index is 12.2. The average molecular weight is 465 g/mol. The molecule has 0 aromatic rings. The van der Waals surface area contributed by atoms with Gasteiger partial charge in [0.05, 0.1) is 0 Å². The minimum absolute atomic E-state index is 0.290. The summed E-state index contributed by atoms with van der Waals surface area (Å²) in [6.45, 7) is 10.2. The summed E-state index contributed by atoms with van der Waals surface area (Å²) in [6.07, 6.45) is 1.06. The van der Waals surface area contributed by atoms with Gasteiger partial charge in [-0.2, -0.15) is 0 Å². The lowest BCUT2D eigenvalue weighted by Gasteiger charge is -2.23. The highest BCUT2D eigenvalue weighted by atomic mass is 79.9. The van der Waals surface area contributed by atoms with Crippen molar-refractivity contribution in [2.45, 2.75) is 78.1 Å². The average Bonchev–Trinajstić information content (AvgIpc) is 2.56. The summed E-state index contributed by atoms with van der Waals surface area (Å²) in [5.41, 5.74) is -0.682. The summed E-state index contributed by atoms with van der Waals surface area (Å²) in [4.78, 5) is 48.0. The number of hydrogen-bond acceptors (Lipinski definition) is 5. The van der Waals surface area contributed by atoms with Gasteiger partial charge in [-0.1, -0.05) is 15.9 Å². The standard InChI is InChI=1S/C18H33BrN4O5/c1-11(14(24)20-10-8-7-9-19)21-15(25)12(2)22-16(26)13(3)23-17(27)28-18(4,5)6/h11-13H,7-10H2,1-6H3,(H,20,24)(H,21,25)(H,22,26)(H,23,27)/t11-,12-,13-/m0/s1. The second kappa shape index (κ2) is 12.6. The van der Waals surface area contributed by atoms with E-state index in [1.165, 1.54) is 13.8 Å². The smallest absolute Gasteiger partial charge is 0.408 e. The molecule has 0 saturated carbocycles. The van der Waals surface area contributed by atoms with E-state index in [1.54, 1.807) is 27.7 Å². The summed E-state index contributed by atoms with van der Waals surface area (Å²) in [5.74, 6) is -1.33. The van der Waals surface area contributed by atoms with E-state index in [9.17, 15) is 19.2 Å². The summed E-state index contributed by atoms with van der Waals surface area (Å²) >= 11 is 3.32. The molecule has 162 valence electrons. The van der Waals surface area contributed by atoms with Crippen molar-refractivity contribution in [3.63, 3.8) is 0 Å². The van der Waals surface area contributed by atoms with Crippen molar-refractivity contribution in [1.29, 1.82) is 0 Å². The van der Waals surface area contributed by atoms with E-state index in [0.29, 0.717) is 6.54 Å². The van der Waals surface area contributed by atoms with Crippen LogP contribution in [-0.4, -0.2) is 59.4 Å². The molecule has 4 amide bonds. The highest BCUT2D eigenvalue weighted by Crippen LogP contribution is 2.06. The number of carbonyl (C=O) groups excluding carboxylic acids is 4. The fourth-order valence-electron chi connectivity index (χ4n) is 1.94. The Morgan fingerprint density at radius 1 is 0.821 bits per heavy atom. The van der Waals surface area contributed by atoms with Crippen LogP contribution < -0.4 is 21.3 Å². The fraction of sp³-hybridized carbons (Fsp3) is 0.778. The first-order valence-electron chi connectivity index (χ1n) is 9.31. The molecule has 0 saturated heterocycles. The van der Waals surface area contributed by atoms with Crippen LogP contribution in [0.25, 0.3) is 0 Å². The Bertz CT molecular complexity index is 551. The van der Waals surface area contributed by atoms with Gasteiger partial charge in [-0.05, 0) is 54.4 Å². The first-order chi connectivity index (χ1) is 12.9. The minimum atomic E-state index is -0.889. The first-order valence-corrected chi connectivity index (χ1v) is 10.4. The number of hydrogen-bond donors (Lipinski definition) is 4. The molecule has 0 rings (SSSR count). The molecule has 0 fully saturated rings. The molecule has 0 radical (unpaired) electrons. The van der Waals surface area contributed by atoms with Gasteiger partial charge in [0.15, 0.2) is 0 Å². The van der Waals surface area contributed by atoms with Crippen LogP contribution in [0.3, 0.4) is 0 Å². The Labute approximate surface area is 175 Å². The van der Waals surface area contributed by atoms with Crippen molar-refractivity contribution in [3.05, 3.63) is 0 Å². The van der Waals surface area contributed by atoms with Gasteiger partial charge in [0.1, 0.15) is 23.7 Å². The zero-order valence-corrected chi connectivity index (χ0v) is 19.1. The quantitative estimate of drug-likeness (QED) is 0.285. The van der Waals surface area contributed by atoms with Crippen LogP contribution in [0.5, 0.6) is 0 Å². The molecule has 0 aromatic heterocycles. The van der Waals surface area contributed by atoms with Gasteiger partial charge < -0.3 is 26.0 Å². The molecule has 0 aliphatic heterocycles. The van der Waals surface area contributed by atoms with Gasteiger partial charge in [-0.3, -0.25) is 14.4 Å². The number of amides is 4. The van der Waals surface area contributed by atoms with Crippen molar-refractivity contribution in [1.82, 2.24) is 21.3 Å². The van der Waals surface area contributed by atoms with Gasteiger partial charge in [0.2, 0.25) is 17.7 Å². The Morgan fingerprint density at radius 2 is 1.29 bits per heavy atom. The van der Waals surface area contributed by atoms with Crippen molar-refractivity contribution >= 4 is 39.7 Å². The molecule has 9 nitrogen and oxygen atoms in total. The Balaban J connectivity index is 4.39. The summed E-state index contributed by atoms with van der Waals surface area (Å²) in [5, 5.41) is 11.0. The molecule has 0 bridgehead atoms. The molecular formula is C18H33BrN4O5. The van der Waals surface area contributed by atoms with Crippen LogP contribution in [0.4, 0.5) is 4.79 Å². The number of carbonyl (C=O) groups is 4. The van der Waals surface area contributed by atoms with Crippen molar-refractivity contribution in [2.75, 3.05) is 11.9 Å². The fourth-order valence-corrected chi connectivity index (χ4v) is 2.34. The summed E-state index contributed by atoms with van der Waals surface area (Å²) in [7, 11) is 0. The number of alkyl carbamates (subject to hydrolysis) is 1. The summed E-state index contributed by atoms with van der Waals surface area (Å²) in [6, 6.07) is -2.49. The van der Waals surface area contributed by atoms with Crippen LogP contribution >= 0.6 is 15.9 Å². The van der Waals surface area contributed by atoms with E-state index in [-0.39, 0.29) is 5.91 Å². The molecule has 0 spiro atoms. The molecule has 0 aliphatic rings. The molecule has 28 heavy (non-hydrogen) atoms. The predicted molar refractivity (Wildman–Crippen MR) is 110 cm³/mol. The third-order valence-corrected chi connectivity index (χ3v) is 4.05. The van der Waals surface area contributed by atoms with Crippen molar-refractivity contribution < 1.29 is 23.9 Å². The second-order valence-corrected chi connectivity index (χ2v) is 8.31. The van der Waals surface area contributed by atoms with E-state index < -0.39 is 41.6 Å². The molecule has 0 unspecified atom stereocenters. The van der Waals surface area contributed by atoms with Crippen LogP contribution in [0, 0.1) is 0 Å². The zero-order chi connectivity index (χ0) is 21.9. The molecule has 0 aliphatic carbocycles. The second-order valence-electron chi connectivity index (χ2n) is 7.52. The van der Waals surface area contributed by atoms with Crippen LogP contribution in [-0.2, 0) is 19.1 Å². The number of nitrogens with one attached hydrogen (secondary N) is 4. The lowest BCUT2D eigenvalue weighted by molar-refractivity contribution is -0.131. The number of alkyl halides is 1. The Hall–Kier alpha value is -1.84. The molecular weight excluding hydrogens is 432 g/mol. The number of halogens is 1. The third-order valence-electron chi connectivity index (χ3n) is 3.49. The molecule has 0 aromatic carbocycles. The lowest BCUT2D eigenvalue weighted by Crippen LogP contribution is -2.54. The Kier molecular flexibility index (Phi) is 11.8. The zero-order valence-electron chi connectivity index (χ0n) is 17.5. The van der Waals surface area contributed by atoms with Crippen LogP contribution in [0.1, 0.15) is 54.4 Å². The number of unbranched alkanes of at least 4 members (excludes halogenated alkanes) is 1. The molecule has 0 heterocycles. The molecule has 4 N–H and O–H groups in total. The van der Waals surface area contributed by atoms with E-state index in [0.717, 1.165) is 18.2 Å². The number of ether oxygens (including phenoxy) is 1. The van der Waals surface area contributed by atoms with Crippen molar-refractivity contribution in [2.24, 2.45) is 0 Å². The predicted octanol–water partition coefficient (Wildman–Crippen LogP) is 1.20. The normalized spacial score (nSPS) is 14.2. The SMILES string of the molecule is C[C@H](NC(=O)OC(C)(C)C)C(=O)N[C@@H](C)C(=O)N[C@@H](C)C(=O)NCCCCBr. The van der Waals surface area contributed by atoms with E-state index in [2.05, 4.69) is 37.2 Å². The number of rotatable bonds is 10. The third kappa shape index (κ3) is 11.8. The van der Waals surface area contributed by atoms with E-state index in [1.807, 2.05) is 0 Å². The highest BCUT2D eigenvalue weighted by Gasteiger charge is 2.25. The van der Waals surface area contributed by atoms with Gasteiger partial charge in [-0.15, -0.1) is 0 Å². The Morgan fingerprint density at radius 3 is 1.75 bits per heavy atom. The van der Waals surface area contributed by atoms with Gasteiger partial charge in [0.25, 0.3) is 0 Å². The van der Waals surface area contributed by atoms with E-state index in [4.69, 9.17) is 4.74 Å². The van der Waals surface area contributed by atoms with E-state index >= 15 is 0 Å². The van der Waals surface area contributed by atoms with Gasteiger partial charge in [0, 0.05) is 11.9 Å². The monoisotopic (exact) mass is 464 g/mol. The summed E-state index contributed by atoms with van der Waals surface area (Å²) < 4.78 is 5.08. The molecule has 10 heteroatoms. The van der Waals surface area contributed by atoms with Crippen molar-refractivity contribution in [3.8, 4) is 0 Å². The largest absolute Gasteiger partial charge is 0.444 e. The minimum Gasteiger partial charge on any atom is -0.444 e. The molecule has 3 atom stereocenters. The lowest BCUT2D eigenvalue weighted by atomic mass is 10.2. The van der Waals surface area contributed by atoms with Gasteiger partial charge in [-0.25, -0.2) is 4.79 Å². The maximum Gasteiger partial charge on any atom is 0.408 e.